The molecule has 2 aromatic rings. The largest absolute Gasteiger partial charge is 0.311 e. The number of para-hydroxylation sites is 1. The molecule has 0 aliphatic carbocycles. The number of rotatable bonds is 5. The van der Waals surface area contributed by atoms with E-state index in [1.165, 1.54) is 5.56 Å². The second-order valence-electron chi connectivity index (χ2n) is 7.64. The van der Waals surface area contributed by atoms with Crippen molar-refractivity contribution in [2.24, 2.45) is 0 Å². The summed E-state index contributed by atoms with van der Waals surface area (Å²) in [5, 5.41) is 9.81. The highest BCUT2D eigenvalue weighted by molar-refractivity contribution is 7.98. The van der Waals surface area contributed by atoms with Gasteiger partial charge in [-0.05, 0) is 57.0 Å². The Kier molecular flexibility index (Phi) is 6.01. The summed E-state index contributed by atoms with van der Waals surface area (Å²) in [6.07, 6.45) is 6.37. The number of amides is 1. The van der Waals surface area contributed by atoms with Crippen LogP contribution in [0.1, 0.15) is 43.5 Å². The van der Waals surface area contributed by atoms with Crippen molar-refractivity contribution in [3.63, 3.8) is 0 Å². The van der Waals surface area contributed by atoms with E-state index in [4.69, 9.17) is 0 Å². The molecule has 2 aliphatic rings. The Morgan fingerprint density at radius 2 is 2.07 bits per heavy atom. The van der Waals surface area contributed by atoms with Crippen molar-refractivity contribution >= 4 is 23.4 Å². The van der Waals surface area contributed by atoms with Crippen LogP contribution >= 0.6 is 11.8 Å². The molecule has 0 spiro atoms. The first-order chi connectivity index (χ1) is 13.7. The molecular weight excluding hydrogens is 370 g/mol. The lowest BCUT2D eigenvalue weighted by Crippen LogP contribution is -2.45. The number of fused-ring (bicyclic) bond motifs is 1. The van der Waals surface area contributed by atoms with E-state index in [-0.39, 0.29) is 5.91 Å². The highest BCUT2D eigenvalue weighted by Crippen LogP contribution is 2.29. The number of benzene rings is 1. The molecular formula is C21H29N5OS. The van der Waals surface area contributed by atoms with Gasteiger partial charge in [-0.3, -0.25) is 9.69 Å². The molecule has 1 amide bonds. The van der Waals surface area contributed by atoms with Gasteiger partial charge in [0.15, 0.2) is 5.16 Å². The summed E-state index contributed by atoms with van der Waals surface area (Å²) in [4.78, 5) is 17.4. The summed E-state index contributed by atoms with van der Waals surface area (Å²) in [6.45, 7) is 6.21. The molecule has 0 N–H and O–H groups in total. The molecule has 3 heterocycles. The molecule has 1 saturated heterocycles. The quantitative estimate of drug-likeness (QED) is 0.723. The van der Waals surface area contributed by atoms with Gasteiger partial charge in [0.05, 0.1) is 6.54 Å². The molecule has 0 saturated carbocycles. The molecule has 0 bridgehead atoms. The van der Waals surface area contributed by atoms with Gasteiger partial charge in [0.1, 0.15) is 5.82 Å². The van der Waals surface area contributed by atoms with Crippen LogP contribution in [0.5, 0.6) is 0 Å². The molecule has 0 unspecified atom stereocenters. The van der Waals surface area contributed by atoms with Crippen LogP contribution in [-0.4, -0.2) is 58.0 Å². The topological polar surface area (TPSA) is 54.3 Å². The van der Waals surface area contributed by atoms with E-state index in [1.54, 1.807) is 11.8 Å². The van der Waals surface area contributed by atoms with E-state index in [0.29, 0.717) is 12.5 Å². The van der Waals surface area contributed by atoms with E-state index in [2.05, 4.69) is 44.8 Å². The smallest absolute Gasteiger partial charge is 0.241 e. The second-order valence-corrected chi connectivity index (χ2v) is 8.41. The van der Waals surface area contributed by atoms with Gasteiger partial charge in [-0.15, -0.1) is 10.2 Å². The Morgan fingerprint density at radius 1 is 1.21 bits per heavy atom. The molecule has 4 rings (SSSR count). The molecule has 1 atom stereocenters. The van der Waals surface area contributed by atoms with Gasteiger partial charge >= 0.3 is 0 Å². The number of aryl methyl sites for hydroxylation is 1. The van der Waals surface area contributed by atoms with Gasteiger partial charge in [0, 0.05) is 31.2 Å². The van der Waals surface area contributed by atoms with Crippen LogP contribution in [0.25, 0.3) is 0 Å². The first-order valence-corrected chi connectivity index (χ1v) is 11.5. The van der Waals surface area contributed by atoms with Crippen LogP contribution in [0.15, 0.2) is 29.4 Å². The predicted octanol–water partition coefficient (Wildman–Crippen LogP) is 3.18. The van der Waals surface area contributed by atoms with Crippen molar-refractivity contribution in [3.05, 3.63) is 35.7 Å². The first-order valence-electron chi connectivity index (χ1n) is 10.3. The maximum Gasteiger partial charge on any atom is 0.241 e. The summed E-state index contributed by atoms with van der Waals surface area (Å²) in [5.74, 6) is 1.64. The zero-order valence-corrected chi connectivity index (χ0v) is 17.6. The van der Waals surface area contributed by atoms with Gasteiger partial charge in [-0.1, -0.05) is 30.0 Å². The van der Waals surface area contributed by atoms with E-state index in [0.717, 1.165) is 68.5 Å². The Morgan fingerprint density at radius 3 is 2.89 bits per heavy atom. The van der Waals surface area contributed by atoms with Crippen molar-refractivity contribution < 1.29 is 4.79 Å². The lowest BCUT2D eigenvalue weighted by atomic mass is 9.97. The van der Waals surface area contributed by atoms with Gasteiger partial charge in [0.25, 0.3) is 0 Å². The van der Waals surface area contributed by atoms with E-state index >= 15 is 0 Å². The van der Waals surface area contributed by atoms with Crippen LogP contribution in [0.4, 0.5) is 5.69 Å². The third-order valence-corrected chi connectivity index (χ3v) is 6.55. The minimum absolute atomic E-state index is 0.217. The Labute approximate surface area is 171 Å². The average Bonchev–Trinajstić information content (AvgIpc) is 3.16. The molecule has 0 radical (unpaired) electrons. The Hall–Kier alpha value is -1.86. The van der Waals surface area contributed by atoms with Crippen LogP contribution in [-0.2, 0) is 17.8 Å². The lowest BCUT2D eigenvalue weighted by Gasteiger charge is -2.35. The number of likely N-dealkylation sites (tertiary alicyclic amines) is 1. The predicted molar refractivity (Wildman–Crippen MR) is 113 cm³/mol. The Bertz CT molecular complexity index is 836. The third-order valence-electron chi connectivity index (χ3n) is 5.89. The fraction of sp³-hybridized carbons (Fsp3) is 0.571. The number of anilines is 1. The molecule has 1 fully saturated rings. The zero-order valence-electron chi connectivity index (χ0n) is 16.8. The number of aromatic nitrogens is 3. The number of carbonyl (C=O) groups is 1. The zero-order chi connectivity index (χ0) is 19.5. The molecule has 7 heteroatoms. The van der Waals surface area contributed by atoms with Gasteiger partial charge in [-0.25, -0.2) is 0 Å². The summed E-state index contributed by atoms with van der Waals surface area (Å²) >= 11 is 1.64. The van der Waals surface area contributed by atoms with E-state index < -0.39 is 0 Å². The number of carbonyl (C=O) groups excluding carboxylic acids is 1. The first kappa shape index (κ1) is 19.5. The standard InChI is InChI=1S/C21H29N5OS/c1-3-25-20(22-23-21(25)28-2)17-10-6-12-24(14-17)15-19(27)26-13-7-9-16-8-4-5-11-18(16)26/h4-5,8,11,17H,3,6-7,9-10,12-15H2,1-2H3/t17-/m0/s1. The summed E-state index contributed by atoms with van der Waals surface area (Å²) in [6, 6.07) is 8.32. The third kappa shape index (κ3) is 3.82. The monoisotopic (exact) mass is 399 g/mol. The SMILES string of the molecule is CCn1c(SC)nnc1[C@H]1CCCN(CC(=O)N2CCCc3ccccc32)C1. The average molecular weight is 400 g/mol. The normalized spacial score (nSPS) is 20.2. The van der Waals surface area contributed by atoms with E-state index in [1.807, 2.05) is 17.2 Å². The molecule has 150 valence electrons. The fourth-order valence-corrected chi connectivity index (χ4v) is 5.09. The van der Waals surface area contributed by atoms with Crippen LogP contribution < -0.4 is 4.90 Å². The van der Waals surface area contributed by atoms with Crippen molar-refractivity contribution in [2.75, 3.05) is 37.3 Å². The molecule has 6 nitrogen and oxygen atoms in total. The highest BCUT2D eigenvalue weighted by Gasteiger charge is 2.29. The van der Waals surface area contributed by atoms with E-state index in [9.17, 15) is 4.79 Å². The molecule has 1 aromatic heterocycles. The van der Waals surface area contributed by atoms with Gasteiger partial charge < -0.3 is 9.47 Å². The number of thioether (sulfide) groups is 1. The van der Waals surface area contributed by atoms with Crippen LogP contribution in [0.3, 0.4) is 0 Å². The van der Waals surface area contributed by atoms with Crippen LogP contribution in [0, 0.1) is 0 Å². The number of hydrogen-bond donors (Lipinski definition) is 0. The lowest BCUT2D eigenvalue weighted by molar-refractivity contribution is -0.120. The van der Waals surface area contributed by atoms with Crippen molar-refractivity contribution in [2.45, 2.75) is 50.2 Å². The Balaban J connectivity index is 1.45. The molecule has 1 aromatic carbocycles. The maximum absolute atomic E-state index is 13.1. The summed E-state index contributed by atoms with van der Waals surface area (Å²) < 4.78 is 2.22. The maximum atomic E-state index is 13.1. The number of hydrogen-bond acceptors (Lipinski definition) is 5. The minimum atomic E-state index is 0.217. The number of nitrogens with zero attached hydrogens (tertiary/aromatic N) is 5. The molecule has 2 aliphatic heterocycles. The number of piperidine rings is 1. The fourth-order valence-electron chi connectivity index (χ4n) is 4.53. The van der Waals surface area contributed by atoms with Gasteiger partial charge in [-0.2, -0.15) is 0 Å². The minimum Gasteiger partial charge on any atom is -0.311 e. The summed E-state index contributed by atoms with van der Waals surface area (Å²) in [5.41, 5.74) is 2.39. The van der Waals surface area contributed by atoms with Crippen molar-refractivity contribution in [1.29, 1.82) is 0 Å². The highest BCUT2D eigenvalue weighted by atomic mass is 32.2. The van der Waals surface area contributed by atoms with Crippen molar-refractivity contribution in [3.8, 4) is 0 Å². The molecule has 28 heavy (non-hydrogen) atoms. The van der Waals surface area contributed by atoms with Crippen LogP contribution in [0.2, 0.25) is 0 Å². The summed E-state index contributed by atoms with van der Waals surface area (Å²) in [7, 11) is 0. The van der Waals surface area contributed by atoms with Gasteiger partial charge in [0.2, 0.25) is 5.91 Å². The van der Waals surface area contributed by atoms with Crippen molar-refractivity contribution in [1.82, 2.24) is 19.7 Å². The second kappa shape index (κ2) is 8.66.